The van der Waals surface area contributed by atoms with Crippen molar-refractivity contribution in [1.29, 1.82) is 0 Å². The molecule has 0 bridgehead atoms. The van der Waals surface area contributed by atoms with E-state index in [9.17, 15) is 18.0 Å². The Balaban J connectivity index is 1.88. The van der Waals surface area contributed by atoms with Crippen molar-refractivity contribution < 1.29 is 18.0 Å². The highest BCUT2D eigenvalue weighted by Crippen LogP contribution is 2.11. The first-order chi connectivity index (χ1) is 10.6. The minimum atomic E-state index is -0.789. The first-order valence-corrected chi connectivity index (χ1v) is 6.32. The van der Waals surface area contributed by atoms with E-state index >= 15 is 0 Å². The van der Waals surface area contributed by atoms with Crippen molar-refractivity contribution in [2.24, 2.45) is 5.10 Å². The van der Waals surface area contributed by atoms with E-state index in [2.05, 4.69) is 15.8 Å². The molecule has 0 aliphatic rings. The van der Waals surface area contributed by atoms with Crippen molar-refractivity contribution in [3.05, 3.63) is 65.5 Å². The van der Waals surface area contributed by atoms with Crippen LogP contribution < -0.4 is 10.7 Å². The summed E-state index contributed by atoms with van der Waals surface area (Å²) >= 11 is 0. The minimum absolute atomic E-state index is 0.168. The van der Waals surface area contributed by atoms with E-state index in [0.29, 0.717) is 0 Å². The van der Waals surface area contributed by atoms with Crippen LogP contribution in [0.3, 0.4) is 0 Å². The van der Waals surface area contributed by atoms with E-state index in [1.807, 2.05) is 0 Å². The summed E-state index contributed by atoms with van der Waals surface area (Å²) in [6, 6.07) is 9.23. The number of benzene rings is 2. The third-order valence-electron chi connectivity index (χ3n) is 2.70. The summed E-state index contributed by atoms with van der Waals surface area (Å²) in [5, 5.41) is 6.03. The molecule has 0 aromatic heterocycles. The summed E-state index contributed by atoms with van der Waals surface area (Å²) < 4.78 is 39.9. The summed E-state index contributed by atoms with van der Waals surface area (Å²) in [6.07, 6.45) is 0.867. The van der Waals surface area contributed by atoms with Crippen LogP contribution >= 0.6 is 0 Å². The van der Waals surface area contributed by atoms with Gasteiger partial charge < -0.3 is 5.32 Å². The fourth-order valence-electron chi connectivity index (χ4n) is 1.62. The smallest absolute Gasteiger partial charge is 0.259 e. The second-order valence-electron chi connectivity index (χ2n) is 4.26. The van der Waals surface area contributed by atoms with E-state index in [1.165, 1.54) is 24.3 Å². The van der Waals surface area contributed by atoms with Crippen LogP contribution in [0.2, 0.25) is 0 Å². The highest BCUT2D eigenvalue weighted by Gasteiger charge is 2.06. The van der Waals surface area contributed by atoms with Gasteiger partial charge in [0.15, 0.2) is 0 Å². The third kappa shape index (κ3) is 4.08. The fraction of sp³-hybridized carbons (Fsp3) is 0.0667. The largest absolute Gasteiger partial charge is 0.374 e. The van der Waals surface area contributed by atoms with Crippen LogP contribution in [0.5, 0.6) is 0 Å². The van der Waals surface area contributed by atoms with Gasteiger partial charge in [0, 0.05) is 0 Å². The van der Waals surface area contributed by atoms with Gasteiger partial charge in [-0.1, -0.05) is 18.2 Å². The molecule has 0 unspecified atom stereocenters. The Labute approximate surface area is 124 Å². The number of hydrazone groups is 1. The Bertz CT molecular complexity index is 684. The molecule has 2 aromatic carbocycles. The maximum Gasteiger partial charge on any atom is 0.259 e. The van der Waals surface area contributed by atoms with Crippen LogP contribution in [0.25, 0.3) is 0 Å². The predicted molar refractivity (Wildman–Crippen MR) is 77.0 cm³/mol. The highest BCUT2D eigenvalue weighted by atomic mass is 19.1. The standard InChI is InChI=1S/C15H12F3N3O/c16-11-5-3-6-12(17)10(11)8-20-21-15(22)9-19-14-7-2-1-4-13(14)18/h1-8,19H,9H2,(H,21,22)/b20-8-. The Morgan fingerprint density at radius 3 is 2.32 bits per heavy atom. The number of para-hydroxylation sites is 1. The number of anilines is 1. The van der Waals surface area contributed by atoms with Crippen molar-refractivity contribution in [3.8, 4) is 0 Å². The summed E-state index contributed by atoms with van der Waals surface area (Å²) in [6.45, 7) is -0.238. The number of nitrogens with one attached hydrogen (secondary N) is 2. The average molecular weight is 307 g/mol. The zero-order valence-corrected chi connectivity index (χ0v) is 11.3. The van der Waals surface area contributed by atoms with Gasteiger partial charge in [0.25, 0.3) is 5.91 Å². The molecule has 2 rings (SSSR count). The topological polar surface area (TPSA) is 53.5 Å². The lowest BCUT2D eigenvalue weighted by atomic mass is 10.2. The van der Waals surface area contributed by atoms with E-state index in [0.717, 1.165) is 18.3 Å². The van der Waals surface area contributed by atoms with Crippen molar-refractivity contribution in [3.63, 3.8) is 0 Å². The molecule has 0 aliphatic carbocycles. The minimum Gasteiger partial charge on any atom is -0.374 e. The zero-order chi connectivity index (χ0) is 15.9. The molecule has 0 aliphatic heterocycles. The van der Waals surface area contributed by atoms with E-state index in [1.54, 1.807) is 6.07 Å². The van der Waals surface area contributed by atoms with E-state index in [4.69, 9.17) is 0 Å². The monoisotopic (exact) mass is 307 g/mol. The molecule has 2 aromatic rings. The van der Waals surface area contributed by atoms with Crippen molar-refractivity contribution >= 4 is 17.8 Å². The molecule has 1 amide bonds. The molecule has 2 N–H and O–H groups in total. The number of hydrogen-bond donors (Lipinski definition) is 2. The Kier molecular flexibility index (Phi) is 5.13. The molecule has 7 heteroatoms. The van der Waals surface area contributed by atoms with Gasteiger partial charge in [-0.15, -0.1) is 0 Å². The number of amides is 1. The molecule has 0 atom stereocenters. The number of rotatable bonds is 5. The molecule has 114 valence electrons. The van der Waals surface area contributed by atoms with Gasteiger partial charge in [-0.2, -0.15) is 5.10 Å². The van der Waals surface area contributed by atoms with Crippen LogP contribution in [-0.2, 0) is 4.79 Å². The second kappa shape index (κ2) is 7.26. The first-order valence-electron chi connectivity index (χ1n) is 6.32. The first kappa shape index (κ1) is 15.6. The number of hydrogen-bond acceptors (Lipinski definition) is 3. The fourth-order valence-corrected chi connectivity index (χ4v) is 1.62. The SMILES string of the molecule is O=C(CNc1ccccc1F)N/N=C\c1c(F)cccc1F. The lowest BCUT2D eigenvalue weighted by molar-refractivity contribution is -0.119. The van der Waals surface area contributed by atoms with E-state index in [-0.39, 0.29) is 17.8 Å². The Morgan fingerprint density at radius 2 is 1.64 bits per heavy atom. The highest BCUT2D eigenvalue weighted by molar-refractivity contribution is 5.84. The lowest BCUT2D eigenvalue weighted by Crippen LogP contribution is -2.26. The summed E-state index contributed by atoms with van der Waals surface area (Å²) in [4.78, 5) is 11.5. The van der Waals surface area contributed by atoms with E-state index < -0.39 is 23.4 Å². The Hall–Kier alpha value is -2.83. The maximum atomic E-state index is 13.3. The molecule has 4 nitrogen and oxygen atoms in total. The molecule has 0 fully saturated rings. The maximum absolute atomic E-state index is 13.3. The van der Waals surface area contributed by atoms with Crippen LogP contribution in [0.15, 0.2) is 47.6 Å². The molecular formula is C15H12F3N3O. The molecule has 0 spiro atoms. The van der Waals surface area contributed by atoms with Crippen LogP contribution in [0.4, 0.5) is 18.9 Å². The van der Waals surface area contributed by atoms with Crippen molar-refractivity contribution in [1.82, 2.24) is 5.43 Å². The van der Waals surface area contributed by atoms with Gasteiger partial charge in [-0.3, -0.25) is 4.79 Å². The van der Waals surface area contributed by atoms with Crippen molar-refractivity contribution in [2.75, 3.05) is 11.9 Å². The number of halogens is 3. The van der Waals surface area contributed by atoms with Crippen LogP contribution in [0.1, 0.15) is 5.56 Å². The zero-order valence-electron chi connectivity index (χ0n) is 11.3. The van der Waals surface area contributed by atoms with Gasteiger partial charge >= 0.3 is 0 Å². The molecule has 0 saturated heterocycles. The molecular weight excluding hydrogens is 295 g/mol. The van der Waals surface area contributed by atoms with Crippen LogP contribution in [0, 0.1) is 17.5 Å². The predicted octanol–water partition coefficient (Wildman–Crippen LogP) is 2.67. The summed E-state index contributed by atoms with van der Waals surface area (Å²) in [5.41, 5.74) is 1.90. The molecule has 22 heavy (non-hydrogen) atoms. The van der Waals surface area contributed by atoms with Gasteiger partial charge in [-0.25, -0.2) is 18.6 Å². The van der Waals surface area contributed by atoms with Crippen LogP contribution in [-0.4, -0.2) is 18.7 Å². The summed E-state index contributed by atoms with van der Waals surface area (Å²) in [7, 11) is 0. The molecule has 0 saturated carbocycles. The number of carbonyl (C=O) groups is 1. The van der Waals surface area contributed by atoms with Crippen molar-refractivity contribution in [2.45, 2.75) is 0 Å². The normalized spacial score (nSPS) is 10.7. The van der Waals surface area contributed by atoms with Gasteiger partial charge in [0.2, 0.25) is 0 Å². The van der Waals surface area contributed by atoms with Gasteiger partial charge in [0.05, 0.1) is 24.0 Å². The summed E-state index contributed by atoms with van der Waals surface area (Å²) in [5.74, 6) is -2.66. The van der Waals surface area contributed by atoms with Gasteiger partial charge in [0.1, 0.15) is 17.5 Å². The average Bonchev–Trinajstić information content (AvgIpc) is 2.49. The number of nitrogens with zero attached hydrogens (tertiary/aromatic N) is 1. The number of carbonyl (C=O) groups excluding carboxylic acids is 1. The third-order valence-corrected chi connectivity index (χ3v) is 2.70. The lowest BCUT2D eigenvalue weighted by Gasteiger charge is -2.05. The molecule has 0 heterocycles. The second-order valence-corrected chi connectivity index (χ2v) is 4.26. The Morgan fingerprint density at radius 1 is 1.00 bits per heavy atom. The molecule has 0 radical (unpaired) electrons. The van der Waals surface area contributed by atoms with Gasteiger partial charge in [-0.05, 0) is 24.3 Å². The quantitative estimate of drug-likeness (QED) is 0.659.